The molecule has 34 heavy (non-hydrogen) atoms. The monoisotopic (exact) mass is 458 g/mol. The van der Waals surface area contributed by atoms with Crippen molar-refractivity contribution in [2.24, 2.45) is 0 Å². The number of nitrogen functional groups attached to an aromatic ring is 1. The summed E-state index contributed by atoms with van der Waals surface area (Å²) in [6.07, 6.45) is 10.9. The number of pyridine rings is 2. The molecule has 1 amide bonds. The van der Waals surface area contributed by atoms with E-state index < -0.39 is 0 Å². The van der Waals surface area contributed by atoms with Crippen LogP contribution in [0.25, 0.3) is 16.7 Å². The highest BCUT2D eigenvalue weighted by Crippen LogP contribution is 2.31. The second-order valence-electron chi connectivity index (χ2n) is 8.25. The Balaban J connectivity index is 0.000000739. The number of carbonyl (C=O) groups excluding carboxylic acids is 1. The number of nitrogens with zero attached hydrogens (tertiary/aromatic N) is 2. The highest BCUT2D eigenvalue weighted by Gasteiger charge is 2.18. The third-order valence-electron chi connectivity index (χ3n) is 5.65. The number of allylic oxidation sites excluding steroid dienone is 1. The smallest absolute Gasteiger partial charge is 0.256 e. The number of rotatable bonds is 8. The van der Waals surface area contributed by atoms with Crippen LogP contribution in [0.15, 0.2) is 66.6 Å². The van der Waals surface area contributed by atoms with Gasteiger partial charge in [0.05, 0.1) is 11.9 Å². The summed E-state index contributed by atoms with van der Waals surface area (Å²) in [4.78, 5) is 21.7. The molecule has 1 aromatic carbocycles. The molecule has 0 spiro atoms. The minimum atomic E-state index is -0.189. The Morgan fingerprint density at radius 3 is 2.26 bits per heavy atom. The number of anilines is 2. The Kier molecular flexibility index (Phi) is 11.0. The van der Waals surface area contributed by atoms with Gasteiger partial charge in [-0.15, -0.1) is 0 Å². The first-order valence-corrected chi connectivity index (χ1v) is 12.2. The minimum absolute atomic E-state index is 0.189. The van der Waals surface area contributed by atoms with E-state index in [4.69, 9.17) is 5.73 Å². The summed E-state index contributed by atoms with van der Waals surface area (Å²) in [6, 6.07) is 13.4. The first-order valence-electron chi connectivity index (χ1n) is 12.2. The fraction of sp³-hybridized carbons (Fsp3) is 0.345. The topological polar surface area (TPSA) is 80.9 Å². The summed E-state index contributed by atoms with van der Waals surface area (Å²) in [5, 5.41) is 2.97. The first kappa shape index (κ1) is 26.8. The lowest BCUT2D eigenvalue weighted by Crippen LogP contribution is -2.16. The Morgan fingerprint density at radius 2 is 1.74 bits per heavy atom. The highest BCUT2D eigenvalue weighted by molar-refractivity contribution is 6.27. The van der Waals surface area contributed by atoms with Crippen molar-refractivity contribution in [2.45, 2.75) is 66.7 Å². The Hall–Kier alpha value is -3.47. The molecule has 0 saturated heterocycles. The average molecular weight is 459 g/mol. The van der Waals surface area contributed by atoms with E-state index in [1.807, 2.05) is 63.2 Å². The molecule has 0 aliphatic heterocycles. The number of nitrogens with two attached hydrogens (primary N) is 1. The predicted octanol–water partition coefficient (Wildman–Crippen LogP) is 7.31. The van der Waals surface area contributed by atoms with Gasteiger partial charge >= 0.3 is 0 Å². The molecule has 180 valence electrons. The zero-order chi connectivity index (χ0) is 24.9. The summed E-state index contributed by atoms with van der Waals surface area (Å²) >= 11 is 0. The quantitative estimate of drug-likeness (QED) is 0.274. The third-order valence-corrected chi connectivity index (χ3v) is 5.65. The maximum absolute atomic E-state index is 13.2. The third kappa shape index (κ3) is 7.55. The lowest BCUT2D eigenvalue weighted by molar-refractivity contribution is -0.111. The van der Waals surface area contributed by atoms with Crippen LogP contribution < -0.4 is 11.1 Å². The van der Waals surface area contributed by atoms with E-state index in [1.54, 1.807) is 18.6 Å². The fourth-order valence-corrected chi connectivity index (χ4v) is 3.46. The van der Waals surface area contributed by atoms with E-state index in [-0.39, 0.29) is 5.91 Å². The molecule has 0 unspecified atom stereocenters. The molecule has 0 saturated carbocycles. The van der Waals surface area contributed by atoms with Gasteiger partial charge < -0.3 is 11.1 Å². The molecule has 0 aliphatic carbocycles. The van der Waals surface area contributed by atoms with Gasteiger partial charge in [0.15, 0.2) is 0 Å². The molecule has 3 aromatic rings. The van der Waals surface area contributed by atoms with Gasteiger partial charge in [-0.25, -0.2) is 0 Å². The lowest BCUT2D eigenvalue weighted by Gasteiger charge is -2.16. The number of benzene rings is 1. The molecule has 0 fully saturated rings. The number of unbranched alkanes of at least 4 members (excludes halogenated alkanes) is 2. The molecule has 0 atom stereocenters. The SMILES string of the molecule is CCC(C)=C(C(=O)Nc1ccc(CC)nc1)c1cc(-c2cccnc2)ccc1N.CCCCC. The Bertz CT molecular complexity index is 1070. The normalized spacial score (nSPS) is 11.2. The number of carbonyl (C=O) groups is 1. The van der Waals surface area contributed by atoms with Gasteiger partial charge in [0.1, 0.15) is 0 Å². The second kappa shape index (κ2) is 13.9. The molecule has 2 aromatic heterocycles. The molecule has 0 aliphatic rings. The van der Waals surface area contributed by atoms with Crippen LogP contribution in [-0.2, 0) is 11.2 Å². The van der Waals surface area contributed by atoms with E-state index in [0.717, 1.165) is 40.8 Å². The van der Waals surface area contributed by atoms with Crippen LogP contribution in [-0.4, -0.2) is 15.9 Å². The van der Waals surface area contributed by atoms with Crippen LogP contribution in [0.2, 0.25) is 0 Å². The van der Waals surface area contributed by atoms with Crippen LogP contribution >= 0.6 is 0 Å². The van der Waals surface area contributed by atoms with Crippen molar-refractivity contribution >= 4 is 22.9 Å². The van der Waals surface area contributed by atoms with Crippen LogP contribution in [0, 0.1) is 0 Å². The lowest BCUT2D eigenvalue weighted by atomic mass is 9.93. The highest BCUT2D eigenvalue weighted by atomic mass is 16.1. The number of hydrogen-bond donors (Lipinski definition) is 2. The standard InChI is InChI=1S/C24H26N4O.C5H12/c1-4-16(3)23(24(29)28-20-10-9-19(5-2)27-15-20)21-13-17(8-11-22(21)25)18-7-6-12-26-14-18;1-3-5-4-2/h6-15H,4-5,25H2,1-3H3,(H,28,29);3-5H2,1-2H3. The van der Waals surface area contributed by atoms with Crippen molar-refractivity contribution < 1.29 is 4.79 Å². The number of amides is 1. The maximum Gasteiger partial charge on any atom is 0.256 e. The summed E-state index contributed by atoms with van der Waals surface area (Å²) < 4.78 is 0. The van der Waals surface area contributed by atoms with Gasteiger partial charge in [-0.1, -0.05) is 64.7 Å². The molecule has 2 heterocycles. The Morgan fingerprint density at radius 1 is 0.971 bits per heavy atom. The van der Waals surface area contributed by atoms with Crippen molar-refractivity contribution in [3.8, 4) is 11.1 Å². The molecular weight excluding hydrogens is 420 g/mol. The summed E-state index contributed by atoms with van der Waals surface area (Å²) in [5.41, 5.74) is 12.7. The predicted molar refractivity (Wildman–Crippen MR) is 144 cm³/mol. The minimum Gasteiger partial charge on any atom is -0.398 e. The van der Waals surface area contributed by atoms with E-state index in [2.05, 4.69) is 29.1 Å². The van der Waals surface area contributed by atoms with Crippen molar-refractivity contribution in [3.05, 3.63) is 77.9 Å². The van der Waals surface area contributed by atoms with Crippen LogP contribution in [0.4, 0.5) is 11.4 Å². The maximum atomic E-state index is 13.2. The van der Waals surface area contributed by atoms with Crippen molar-refractivity contribution in [1.82, 2.24) is 9.97 Å². The average Bonchev–Trinajstić information content (AvgIpc) is 2.87. The second-order valence-corrected chi connectivity index (χ2v) is 8.25. The van der Waals surface area contributed by atoms with Crippen molar-refractivity contribution in [1.29, 1.82) is 0 Å². The van der Waals surface area contributed by atoms with Gasteiger partial charge in [0.2, 0.25) is 0 Å². The number of aryl methyl sites for hydroxylation is 1. The molecule has 5 nitrogen and oxygen atoms in total. The first-order chi connectivity index (χ1) is 16.4. The summed E-state index contributed by atoms with van der Waals surface area (Å²) in [5.74, 6) is -0.189. The summed E-state index contributed by atoms with van der Waals surface area (Å²) in [7, 11) is 0. The molecule has 3 rings (SSSR count). The van der Waals surface area contributed by atoms with Crippen LogP contribution in [0.1, 0.15) is 71.6 Å². The molecule has 5 heteroatoms. The van der Waals surface area contributed by atoms with Gasteiger partial charge in [-0.2, -0.15) is 0 Å². The molecule has 0 bridgehead atoms. The van der Waals surface area contributed by atoms with Gasteiger partial charge in [-0.3, -0.25) is 14.8 Å². The fourth-order valence-electron chi connectivity index (χ4n) is 3.46. The summed E-state index contributed by atoms with van der Waals surface area (Å²) in [6.45, 7) is 10.5. The van der Waals surface area contributed by atoms with Gasteiger partial charge in [0, 0.05) is 40.5 Å². The molecule has 3 N–H and O–H groups in total. The van der Waals surface area contributed by atoms with Gasteiger partial charge in [-0.05, 0) is 55.7 Å². The van der Waals surface area contributed by atoms with Crippen LogP contribution in [0.3, 0.4) is 0 Å². The van der Waals surface area contributed by atoms with E-state index in [0.29, 0.717) is 16.9 Å². The number of nitrogens with one attached hydrogen (secondary N) is 1. The van der Waals surface area contributed by atoms with Crippen molar-refractivity contribution in [2.75, 3.05) is 11.1 Å². The zero-order valence-electron chi connectivity index (χ0n) is 21.2. The van der Waals surface area contributed by atoms with Gasteiger partial charge in [0.25, 0.3) is 5.91 Å². The van der Waals surface area contributed by atoms with E-state index >= 15 is 0 Å². The molecular formula is C29H38N4O. The van der Waals surface area contributed by atoms with E-state index in [9.17, 15) is 4.79 Å². The molecule has 0 radical (unpaired) electrons. The number of hydrogen-bond acceptors (Lipinski definition) is 4. The Labute approximate surface area is 204 Å². The largest absolute Gasteiger partial charge is 0.398 e. The van der Waals surface area contributed by atoms with Crippen molar-refractivity contribution in [3.63, 3.8) is 0 Å². The number of aromatic nitrogens is 2. The zero-order valence-corrected chi connectivity index (χ0v) is 21.2. The van der Waals surface area contributed by atoms with E-state index in [1.165, 1.54) is 19.3 Å². The van der Waals surface area contributed by atoms with Crippen LogP contribution in [0.5, 0.6) is 0 Å².